The maximum atomic E-state index is 12.6. The number of fused-ring (bicyclic) bond motifs is 3. The van der Waals surface area contributed by atoms with Gasteiger partial charge in [-0.1, -0.05) is 54.6 Å². The number of para-hydroxylation sites is 1. The van der Waals surface area contributed by atoms with Crippen LogP contribution in [0.3, 0.4) is 0 Å². The fourth-order valence-corrected chi connectivity index (χ4v) is 3.25. The van der Waals surface area contributed by atoms with Gasteiger partial charge in [0.1, 0.15) is 5.56 Å². The molecule has 4 aromatic rings. The number of carbonyl (C=O) groups excluding carboxylic acids is 1. The van der Waals surface area contributed by atoms with E-state index in [4.69, 9.17) is 4.74 Å². The van der Waals surface area contributed by atoms with Crippen molar-refractivity contribution in [3.05, 3.63) is 72.3 Å². The Labute approximate surface area is 144 Å². The van der Waals surface area contributed by atoms with Crippen molar-refractivity contribution in [2.45, 2.75) is 6.92 Å². The molecule has 0 bridgehead atoms. The Bertz CT molecular complexity index is 1080. The Morgan fingerprint density at radius 3 is 2.44 bits per heavy atom. The van der Waals surface area contributed by atoms with Crippen molar-refractivity contribution in [1.29, 1.82) is 0 Å². The van der Waals surface area contributed by atoms with E-state index in [2.05, 4.69) is 0 Å². The van der Waals surface area contributed by atoms with Crippen LogP contribution in [-0.4, -0.2) is 22.1 Å². The van der Waals surface area contributed by atoms with Crippen LogP contribution in [0.1, 0.15) is 17.3 Å². The molecule has 4 nitrogen and oxygen atoms in total. The van der Waals surface area contributed by atoms with Crippen molar-refractivity contribution in [3.8, 4) is 17.0 Å². The lowest BCUT2D eigenvalue weighted by Crippen LogP contribution is -2.06. The van der Waals surface area contributed by atoms with Crippen molar-refractivity contribution in [2.24, 2.45) is 0 Å². The molecule has 25 heavy (non-hydrogen) atoms. The Kier molecular flexibility index (Phi) is 3.65. The van der Waals surface area contributed by atoms with E-state index < -0.39 is 5.97 Å². The van der Waals surface area contributed by atoms with E-state index in [0.29, 0.717) is 11.2 Å². The number of ether oxygens (including phenoxy) is 1. The molecule has 0 atom stereocenters. The van der Waals surface area contributed by atoms with Crippen LogP contribution < -0.4 is 0 Å². The molecule has 2 aromatic carbocycles. The predicted octanol–water partition coefficient (Wildman–Crippen LogP) is 4.64. The lowest BCUT2D eigenvalue weighted by Gasteiger charge is -2.09. The Morgan fingerprint density at radius 1 is 0.960 bits per heavy atom. The van der Waals surface area contributed by atoms with Gasteiger partial charge < -0.3 is 14.2 Å². The van der Waals surface area contributed by atoms with Crippen LogP contribution in [0, 0.1) is 0 Å². The number of aromatic nitrogens is 1. The highest BCUT2D eigenvalue weighted by Gasteiger charge is 2.26. The smallest absolute Gasteiger partial charge is 0.344 e. The van der Waals surface area contributed by atoms with Gasteiger partial charge in [0, 0.05) is 0 Å². The van der Waals surface area contributed by atoms with Gasteiger partial charge in [-0.3, -0.25) is 0 Å². The van der Waals surface area contributed by atoms with Crippen LogP contribution in [0.4, 0.5) is 0 Å². The second-order valence-electron chi connectivity index (χ2n) is 5.77. The number of benzene rings is 2. The molecular weight excluding hydrogens is 314 g/mol. The van der Waals surface area contributed by atoms with Gasteiger partial charge >= 0.3 is 5.97 Å². The van der Waals surface area contributed by atoms with E-state index >= 15 is 0 Å². The van der Waals surface area contributed by atoms with Crippen LogP contribution in [0.25, 0.3) is 27.7 Å². The average Bonchev–Trinajstić information content (AvgIpc) is 2.96. The third-order valence-corrected chi connectivity index (χ3v) is 4.31. The normalized spacial score (nSPS) is 11.1. The largest absolute Gasteiger partial charge is 0.505 e. The van der Waals surface area contributed by atoms with Gasteiger partial charge in [-0.2, -0.15) is 0 Å². The van der Waals surface area contributed by atoms with Crippen molar-refractivity contribution in [3.63, 3.8) is 0 Å². The first-order chi connectivity index (χ1) is 12.2. The van der Waals surface area contributed by atoms with Crippen molar-refractivity contribution >= 4 is 22.4 Å². The highest BCUT2D eigenvalue weighted by atomic mass is 16.5. The van der Waals surface area contributed by atoms with Gasteiger partial charge in [0.2, 0.25) is 0 Å². The van der Waals surface area contributed by atoms with Crippen LogP contribution in [-0.2, 0) is 4.74 Å². The molecule has 4 heteroatoms. The summed E-state index contributed by atoms with van der Waals surface area (Å²) in [5.74, 6) is -0.574. The summed E-state index contributed by atoms with van der Waals surface area (Å²) in [4.78, 5) is 12.6. The Morgan fingerprint density at radius 2 is 1.68 bits per heavy atom. The highest BCUT2D eigenvalue weighted by molar-refractivity contribution is 6.05. The minimum Gasteiger partial charge on any atom is -0.505 e. The molecule has 0 radical (unpaired) electrons. The summed E-state index contributed by atoms with van der Waals surface area (Å²) in [7, 11) is 0. The first-order valence-electron chi connectivity index (χ1n) is 8.20. The van der Waals surface area contributed by atoms with Crippen molar-refractivity contribution in [1.82, 2.24) is 4.40 Å². The van der Waals surface area contributed by atoms with E-state index in [1.54, 1.807) is 6.92 Å². The molecule has 4 rings (SSSR count). The molecule has 0 amide bonds. The molecule has 0 aliphatic carbocycles. The molecule has 0 saturated heterocycles. The number of pyridine rings is 1. The van der Waals surface area contributed by atoms with Gasteiger partial charge in [0.05, 0.1) is 23.3 Å². The van der Waals surface area contributed by atoms with E-state index in [-0.39, 0.29) is 17.9 Å². The van der Waals surface area contributed by atoms with Gasteiger partial charge in [0.15, 0.2) is 5.75 Å². The maximum absolute atomic E-state index is 12.6. The summed E-state index contributed by atoms with van der Waals surface area (Å²) in [5, 5.41) is 11.8. The average molecular weight is 331 g/mol. The van der Waals surface area contributed by atoms with Crippen molar-refractivity contribution in [2.75, 3.05) is 6.61 Å². The molecule has 2 aromatic heterocycles. The molecule has 0 aliphatic heterocycles. The van der Waals surface area contributed by atoms with E-state index in [1.165, 1.54) is 0 Å². The number of aromatic hydroxyl groups is 1. The van der Waals surface area contributed by atoms with Gasteiger partial charge in [-0.05, 0) is 30.0 Å². The maximum Gasteiger partial charge on any atom is 0.344 e. The molecule has 124 valence electrons. The second-order valence-corrected chi connectivity index (χ2v) is 5.77. The zero-order chi connectivity index (χ0) is 17.4. The summed E-state index contributed by atoms with van der Waals surface area (Å²) in [6, 6.07) is 21.2. The van der Waals surface area contributed by atoms with E-state index in [0.717, 1.165) is 16.5 Å². The number of nitrogens with zero attached hydrogens (tertiary/aromatic N) is 1. The van der Waals surface area contributed by atoms with Gasteiger partial charge in [0.25, 0.3) is 0 Å². The Balaban J connectivity index is 2.19. The summed E-state index contributed by atoms with van der Waals surface area (Å²) in [6.45, 7) is 2.00. The topological polar surface area (TPSA) is 50.9 Å². The van der Waals surface area contributed by atoms with E-state index in [9.17, 15) is 9.90 Å². The predicted molar refractivity (Wildman–Crippen MR) is 98.0 cm³/mol. The number of rotatable bonds is 3. The minimum atomic E-state index is -0.522. The fourth-order valence-electron chi connectivity index (χ4n) is 3.25. The van der Waals surface area contributed by atoms with E-state index in [1.807, 2.05) is 71.1 Å². The number of hydrogen-bond acceptors (Lipinski definition) is 3. The standard InChI is InChI=1S/C21H17NO3/c1-2-25-21(24)18-19(15-9-4-3-5-10-15)22-16-11-7-6-8-14(16)12-13-17(22)20(18)23/h3-13,23H,2H2,1H3. The molecule has 1 N–H and O–H groups in total. The molecule has 0 spiro atoms. The molecule has 0 saturated carbocycles. The Hall–Kier alpha value is -3.27. The molecule has 0 fully saturated rings. The lowest BCUT2D eigenvalue weighted by atomic mass is 10.1. The number of esters is 1. The van der Waals surface area contributed by atoms with Crippen LogP contribution in [0.15, 0.2) is 66.7 Å². The van der Waals surface area contributed by atoms with Crippen LogP contribution in [0.2, 0.25) is 0 Å². The second kappa shape index (κ2) is 5.98. The first-order valence-corrected chi connectivity index (χ1v) is 8.20. The third kappa shape index (κ3) is 2.34. The zero-order valence-corrected chi connectivity index (χ0v) is 13.8. The molecule has 2 heterocycles. The van der Waals surface area contributed by atoms with Gasteiger partial charge in [-0.15, -0.1) is 0 Å². The van der Waals surface area contributed by atoms with Crippen LogP contribution >= 0.6 is 0 Å². The SMILES string of the molecule is CCOC(=O)c1c(O)c2ccc3ccccc3n2c1-c1ccccc1. The summed E-state index contributed by atoms with van der Waals surface area (Å²) in [5.41, 5.74) is 3.19. The minimum absolute atomic E-state index is 0.0527. The van der Waals surface area contributed by atoms with Gasteiger partial charge in [-0.25, -0.2) is 4.79 Å². The number of hydrogen-bond donors (Lipinski definition) is 1. The first kappa shape index (κ1) is 15.3. The van der Waals surface area contributed by atoms with Crippen LogP contribution in [0.5, 0.6) is 5.75 Å². The summed E-state index contributed by atoms with van der Waals surface area (Å²) < 4.78 is 7.12. The number of carbonyl (C=O) groups is 1. The lowest BCUT2D eigenvalue weighted by molar-refractivity contribution is 0.0524. The fraction of sp³-hybridized carbons (Fsp3) is 0.0952. The summed E-state index contributed by atoms with van der Waals surface area (Å²) >= 11 is 0. The summed E-state index contributed by atoms with van der Waals surface area (Å²) in [6.07, 6.45) is 0. The molecular formula is C21H17NO3. The monoisotopic (exact) mass is 331 g/mol. The quantitative estimate of drug-likeness (QED) is 0.556. The molecule has 0 aliphatic rings. The highest BCUT2D eigenvalue weighted by Crippen LogP contribution is 2.39. The van der Waals surface area contributed by atoms with Crippen molar-refractivity contribution < 1.29 is 14.6 Å². The third-order valence-electron chi connectivity index (χ3n) is 4.31. The zero-order valence-electron chi connectivity index (χ0n) is 13.8. The molecule has 0 unspecified atom stereocenters.